The summed E-state index contributed by atoms with van der Waals surface area (Å²) in [4.78, 5) is 4.42. The highest BCUT2D eigenvalue weighted by atomic mass is 15.1. The van der Waals surface area contributed by atoms with E-state index in [2.05, 4.69) is 206 Å². The first-order valence-electron chi connectivity index (χ1n) is 16.8. The minimum absolute atomic E-state index is 0.872. The summed E-state index contributed by atoms with van der Waals surface area (Å²) in [6, 6.07) is 47.1. The van der Waals surface area contributed by atoms with E-state index >= 15 is 0 Å². The van der Waals surface area contributed by atoms with Crippen molar-refractivity contribution in [1.82, 2.24) is 0 Å². The summed E-state index contributed by atoms with van der Waals surface area (Å²) in [6.07, 6.45) is 22.3. The van der Waals surface area contributed by atoms with Crippen LogP contribution in [0, 0.1) is 0 Å². The number of hydrogen-bond acceptors (Lipinski definition) is 2. The van der Waals surface area contributed by atoms with Gasteiger partial charge in [0.25, 0.3) is 0 Å². The minimum atomic E-state index is 0.872. The van der Waals surface area contributed by atoms with Gasteiger partial charge in [0.05, 0.1) is 0 Å². The van der Waals surface area contributed by atoms with Crippen molar-refractivity contribution in [2.45, 2.75) is 20.3 Å². The maximum Gasteiger partial charge on any atom is 0.0461 e. The molecule has 1 aliphatic carbocycles. The molecule has 0 spiro atoms. The number of nitrogens with zero attached hydrogens (tertiary/aromatic N) is 2. The lowest BCUT2D eigenvalue weighted by atomic mass is 10.0. The van der Waals surface area contributed by atoms with E-state index in [9.17, 15) is 0 Å². The summed E-state index contributed by atoms with van der Waals surface area (Å²) in [6.45, 7) is 8.69. The molecule has 0 saturated carbocycles. The molecular weight excluding hydrogens is 593 g/mol. The van der Waals surface area contributed by atoms with Gasteiger partial charge in [-0.15, -0.1) is 0 Å². The number of para-hydroxylation sites is 1. The van der Waals surface area contributed by atoms with Crippen molar-refractivity contribution in [2.24, 2.45) is 0 Å². The van der Waals surface area contributed by atoms with E-state index in [1.807, 2.05) is 19.1 Å². The number of benzene rings is 5. The van der Waals surface area contributed by atoms with Crippen LogP contribution in [0.5, 0.6) is 0 Å². The number of rotatable bonds is 11. The second-order valence-electron chi connectivity index (χ2n) is 11.8. The predicted octanol–water partition coefficient (Wildman–Crippen LogP) is 13.2. The highest BCUT2D eigenvalue weighted by molar-refractivity contribution is 5.80. The van der Waals surface area contributed by atoms with Gasteiger partial charge in [0, 0.05) is 34.6 Å². The second kappa shape index (κ2) is 16.1. The van der Waals surface area contributed by atoms with Crippen LogP contribution in [0.4, 0.5) is 22.7 Å². The Morgan fingerprint density at radius 1 is 0.592 bits per heavy atom. The average molecular weight is 635 g/mol. The lowest BCUT2D eigenvalue weighted by Gasteiger charge is -2.26. The van der Waals surface area contributed by atoms with Gasteiger partial charge in [-0.2, -0.15) is 0 Å². The van der Waals surface area contributed by atoms with Crippen LogP contribution in [0.25, 0.3) is 22.3 Å². The van der Waals surface area contributed by atoms with Crippen molar-refractivity contribution in [3.05, 3.63) is 218 Å². The fourth-order valence-corrected chi connectivity index (χ4v) is 6.00. The lowest BCUT2D eigenvalue weighted by Crippen LogP contribution is -2.14. The fraction of sp³-hybridized carbons (Fsp3) is 0.0638. The maximum atomic E-state index is 4.57. The van der Waals surface area contributed by atoms with Crippen LogP contribution >= 0.6 is 0 Å². The van der Waals surface area contributed by atoms with E-state index < -0.39 is 0 Å². The first kappa shape index (κ1) is 32.8. The Bertz CT molecular complexity index is 2020. The zero-order chi connectivity index (χ0) is 33.8. The zero-order valence-corrected chi connectivity index (χ0v) is 28.3. The van der Waals surface area contributed by atoms with Gasteiger partial charge in [-0.1, -0.05) is 140 Å². The van der Waals surface area contributed by atoms with Crippen LogP contribution in [0.2, 0.25) is 0 Å². The Kier molecular flexibility index (Phi) is 10.8. The van der Waals surface area contributed by atoms with Crippen molar-refractivity contribution in [3.8, 4) is 11.1 Å². The number of allylic oxidation sites excluding steroid dienone is 11. The molecule has 49 heavy (non-hydrogen) atoms. The molecule has 2 nitrogen and oxygen atoms in total. The molecular formula is C47H42N2. The van der Waals surface area contributed by atoms with Crippen LogP contribution < -0.4 is 9.80 Å². The van der Waals surface area contributed by atoms with E-state index in [4.69, 9.17) is 0 Å². The normalized spacial score (nSPS) is 13.0. The summed E-state index contributed by atoms with van der Waals surface area (Å²) in [5, 5.41) is 0. The molecule has 0 unspecified atom stereocenters. The van der Waals surface area contributed by atoms with Gasteiger partial charge in [-0.25, -0.2) is 0 Å². The minimum Gasteiger partial charge on any atom is -0.318 e. The van der Waals surface area contributed by atoms with Crippen LogP contribution in [-0.4, -0.2) is 0 Å². The van der Waals surface area contributed by atoms with Crippen molar-refractivity contribution in [2.75, 3.05) is 9.80 Å². The molecule has 0 aliphatic heterocycles. The first-order valence-corrected chi connectivity index (χ1v) is 16.8. The third-order valence-electron chi connectivity index (χ3n) is 8.55. The molecule has 0 radical (unpaired) electrons. The van der Waals surface area contributed by atoms with Gasteiger partial charge in [0.2, 0.25) is 0 Å². The van der Waals surface area contributed by atoms with Crippen LogP contribution in [0.15, 0.2) is 207 Å². The number of hydrogen-bond donors (Lipinski definition) is 0. The van der Waals surface area contributed by atoms with E-state index in [-0.39, 0.29) is 0 Å². The molecule has 0 atom stereocenters. The van der Waals surface area contributed by atoms with Gasteiger partial charge < -0.3 is 9.80 Å². The largest absolute Gasteiger partial charge is 0.318 e. The summed E-state index contributed by atoms with van der Waals surface area (Å²) in [5.41, 5.74) is 12.3. The smallest absolute Gasteiger partial charge is 0.0461 e. The molecule has 0 N–H and O–H groups in total. The van der Waals surface area contributed by atoms with Crippen LogP contribution in [0.3, 0.4) is 0 Å². The van der Waals surface area contributed by atoms with E-state index in [1.54, 1.807) is 0 Å². The van der Waals surface area contributed by atoms with Crippen molar-refractivity contribution in [1.29, 1.82) is 0 Å². The summed E-state index contributed by atoms with van der Waals surface area (Å²) in [7, 11) is 0. The average Bonchev–Trinajstić information content (AvgIpc) is 3.46. The van der Waals surface area contributed by atoms with Gasteiger partial charge in [0.1, 0.15) is 0 Å². The summed E-state index contributed by atoms with van der Waals surface area (Å²) < 4.78 is 0. The maximum absolute atomic E-state index is 4.57. The monoisotopic (exact) mass is 634 g/mol. The molecule has 0 amide bonds. The second-order valence-corrected chi connectivity index (χ2v) is 11.8. The first-order chi connectivity index (χ1) is 24.1. The van der Waals surface area contributed by atoms with Gasteiger partial charge in [-0.05, 0) is 108 Å². The molecule has 0 aromatic heterocycles. The Morgan fingerprint density at radius 3 is 1.80 bits per heavy atom. The summed E-state index contributed by atoms with van der Waals surface area (Å²) >= 11 is 0. The number of anilines is 4. The van der Waals surface area contributed by atoms with E-state index in [0.717, 1.165) is 46.0 Å². The highest BCUT2D eigenvalue weighted by Crippen LogP contribution is 2.34. The van der Waals surface area contributed by atoms with E-state index in [1.165, 1.54) is 22.3 Å². The molecule has 0 bridgehead atoms. The lowest BCUT2D eigenvalue weighted by molar-refractivity contribution is 1.22. The standard InChI is InChI=1S/C47H42N2/c1-4-36-48(44-20-14-9-15-21-44)45-30-24-41(25-31-45)38(5-2)23-22-37(3)49(47-34-28-43(29-35-47)40-18-12-8-13-19-40)46-32-26-42(27-33-46)39-16-10-6-7-11-17-39/h4-10,12-36H,3,11H2,1-2H3/b23-22-,36-4+,38-5+. The molecule has 6 rings (SSSR count). The molecule has 0 heterocycles. The van der Waals surface area contributed by atoms with Crippen LogP contribution in [0.1, 0.15) is 31.4 Å². The molecule has 5 aromatic rings. The molecule has 0 fully saturated rings. The Morgan fingerprint density at radius 2 is 1.16 bits per heavy atom. The van der Waals surface area contributed by atoms with Gasteiger partial charge in [-0.3, -0.25) is 0 Å². The Balaban J connectivity index is 1.28. The summed E-state index contributed by atoms with van der Waals surface area (Å²) in [5.74, 6) is 0. The van der Waals surface area contributed by atoms with Gasteiger partial charge >= 0.3 is 0 Å². The topological polar surface area (TPSA) is 6.48 Å². The van der Waals surface area contributed by atoms with Crippen molar-refractivity contribution in [3.63, 3.8) is 0 Å². The third-order valence-corrected chi connectivity index (χ3v) is 8.55. The van der Waals surface area contributed by atoms with Crippen molar-refractivity contribution < 1.29 is 0 Å². The molecule has 240 valence electrons. The molecule has 5 aromatic carbocycles. The Hall–Kier alpha value is -6.12. The molecule has 2 heteroatoms. The van der Waals surface area contributed by atoms with Crippen LogP contribution in [-0.2, 0) is 0 Å². The third kappa shape index (κ3) is 8.06. The molecule has 1 aliphatic rings. The van der Waals surface area contributed by atoms with Gasteiger partial charge in [0.15, 0.2) is 0 Å². The fourth-order valence-electron chi connectivity index (χ4n) is 6.00. The zero-order valence-electron chi connectivity index (χ0n) is 28.3. The highest BCUT2D eigenvalue weighted by Gasteiger charge is 2.14. The SMILES string of the molecule is C=C(/C=C\C(=C/C)c1ccc(N(/C=C/C)c2ccccc2)cc1)N(c1ccc(C2=CCC=CC=C2)cc1)c1ccc(-c2ccccc2)cc1. The predicted molar refractivity (Wildman–Crippen MR) is 213 cm³/mol. The quantitative estimate of drug-likeness (QED) is 0.133. The van der Waals surface area contributed by atoms with Crippen molar-refractivity contribution >= 4 is 33.9 Å². The van der Waals surface area contributed by atoms with E-state index in [0.29, 0.717) is 0 Å². The molecule has 0 saturated heterocycles. The Labute approximate surface area is 292 Å².